The van der Waals surface area contributed by atoms with E-state index >= 15 is 0 Å². The van der Waals surface area contributed by atoms with Crippen molar-refractivity contribution < 1.29 is 18.3 Å². The van der Waals surface area contributed by atoms with Crippen LogP contribution in [0.15, 0.2) is 65.3 Å². The molecule has 0 fully saturated rings. The predicted octanol–water partition coefficient (Wildman–Crippen LogP) is 4.09. The lowest BCUT2D eigenvalue weighted by atomic mass is 10.1. The minimum absolute atomic E-state index is 0.0127. The molecule has 0 aromatic heterocycles. The zero-order chi connectivity index (χ0) is 17.1. The average molecular weight is 328 g/mol. The molecule has 4 nitrogen and oxygen atoms in total. The van der Waals surface area contributed by atoms with Crippen molar-refractivity contribution in [3.05, 3.63) is 65.7 Å². The summed E-state index contributed by atoms with van der Waals surface area (Å²) in [6, 6.07) is 15.3. The highest BCUT2D eigenvalue weighted by Gasteiger charge is 2.28. The van der Waals surface area contributed by atoms with E-state index in [9.17, 15) is 13.6 Å². The van der Waals surface area contributed by atoms with Crippen LogP contribution in [0.3, 0.4) is 0 Å². The molecule has 122 valence electrons. The Morgan fingerprint density at radius 3 is 2.46 bits per heavy atom. The third kappa shape index (κ3) is 3.17. The first-order chi connectivity index (χ1) is 11.6. The summed E-state index contributed by atoms with van der Waals surface area (Å²) < 4.78 is 29.5. The lowest BCUT2D eigenvalue weighted by Crippen LogP contribution is -2.21. The van der Waals surface area contributed by atoms with Gasteiger partial charge in [0.05, 0.1) is 17.0 Å². The average Bonchev–Trinajstić information content (AvgIpc) is 2.85. The van der Waals surface area contributed by atoms with Gasteiger partial charge < -0.3 is 4.74 Å². The Hall–Kier alpha value is -3.02. The van der Waals surface area contributed by atoms with Crippen molar-refractivity contribution >= 4 is 23.4 Å². The van der Waals surface area contributed by atoms with Crippen molar-refractivity contribution in [1.82, 2.24) is 0 Å². The summed E-state index contributed by atoms with van der Waals surface area (Å²) in [7, 11) is 0. The molecule has 24 heavy (non-hydrogen) atoms. The Bertz CT molecular complexity index is 817. The second-order valence-electron chi connectivity index (χ2n) is 5.11. The minimum atomic E-state index is -2.93. The molecule has 0 saturated carbocycles. The normalized spacial score (nSPS) is 16.0. The molecule has 0 spiro atoms. The standard InChI is InChI=1S/C18H14F2N2O2/c1-12-15(11-13-7-5-6-10-16(13)24-18(19)20)17(23)22(21-12)14-8-3-2-4-9-14/h2-11,18H,1H3. The summed E-state index contributed by atoms with van der Waals surface area (Å²) >= 11 is 0. The van der Waals surface area contributed by atoms with Gasteiger partial charge in [0.2, 0.25) is 0 Å². The van der Waals surface area contributed by atoms with Gasteiger partial charge in [-0.3, -0.25) is 4.79 Å². The van der Waals surface area contributed by atoms with Crippen molar-refractivity contribution in [2.75, 3.05) is 5.01 Å². The lowest BCUT2D eigenvalue weighted by molar-refractivity contribution is -0.114. The Kier molecular flexibility index (Phi) is 4.37. The molecule has 0 aliphatic carbocycles. The Morgan fingerprint density at radius 1 is 1.08 bits per heavy atom. The molecule has 2 aromatic carbocycles. The second kappa shape index (κ2) is 6.62. The topological polar surface area (TPSA) is 41.9 Å². The molecule has 1 amide bonds. The summed E-state index contributed by atoms with van der Waals surface area (Å²) in [5.41, 5.74) is 1.88. The monoisotopic (exact) mass is 328 g/mol. The zero-order valence-electron chi connectivity index (χ0n) is 12.8. The number of hydrogen-bond acceptors (Lipinski definition) is 3. The molecule has 1 heterocycles. The van der Waals surface area contributed by atoms with E-state index in [0.29, 0.717) is 22.5 Å². The highest BCUT2D eigenvalue weighted by molar-refractivity contribution is 6.32. The van der Waals surface area contributed by atoms with Gasteiger partial charge in [-0.15, -0.1) is 0 Å². The molecule has 2 aromatic rings. The molecule has 0 N–H and O–H groups in total. The van der Waals surface area contributed by atoms with Gasteiger partial charge in [0.25, 0.3) is 5.91 Å². The van der Waals surface area contributed by atoms with Crippen LogP contribution in [0.4, 0.5) is 14.5 Å². The number of benzene rings is 2. The number of rotatable bonds is 4. The summed E-state index contributed by atoms with van der Waals surface area (Å²) in [6.07, 6.45) is 1.52. The van der Waals surface area contributed by atoms with Crippen LogP contribution in [-0.2, 0) is 4.79 Å². The van der Waals surface area contributed by atoms with Gasteiger partial charge in [-0.25, -0.2) is 0 Å². The van der Waals surface area contributed by atoms with Crippen LogP contribution in [0.2, 0.25) is 0 Å². The summed E-state index contributed by atoms with van der Waals surface area (Å²) in [6.45, 7) is -1.23. The first-order valence-corrected chi connectivity index (χ1v) is 7.27. The van der Waals surface area contributed by atoms with Gasteiger partial charge in [-0.1, -0.05) is 36.4 Å². The third-order valence-electron chi connectivity index (χ3n) is 3.50. The number of hydrazone groups is 1. The number of hydrogen-bond donors (Lipinski definition) is 0. The zero-order valence-corrected chi connectivity index (χ0v) is 12.8. The van der Waals surface area contributed by atoms with E-state index in [1.165, 1.54) is 17.2 Å². The Labute approximate surface area is 137 Å². The van der Waals surface area contributed by atoms with Gasteiger partial charge in [0.1, 0.15) is 5.75 Å². The number of halogens is 2. The van der Waals surface area contributed by atoms with Gasteiger partial charge in [0.15, 0.2) is 0 Å². The molecule has 1 aliphatic rings. The Morgan fingerprint density at radius 2 is 1.75 bits per heavy atom. The van der Waals surface area contributed by atoms with Gasteiger partial charge >= 0.3 is 6.61 Å². The van der Waals surface area contributed by atoms with E-state index in [2.05, 4.69) is 9.84 Å². The van der Waals surface area contributed by atoms with E-state index in [1.54, 1.807) is 49.4 Å². The molecular weight excluding hydrogens is 314 g/mol. The molecule has 6 heteroatoms. The molecule has 0 atom stereocenters. The summed E-state index contributed by atoms with van der Waals surface area (Å²) in [5.74, 6) is -0.302. The lowest BCUT2D eigenvalue weighted by Gasteiger charge is -2.11. The summed E-state index contributed by atoms with van der Waals surface area (Å²) in [4.78, 5) is 12.6. The fourth-order valence-corrected chi connectivity index (χ4v) is 2.39. The van der Waals surface area contributed by atoms with E-state index in [1.807, 2.05) is 6.07 Å². The van der Waals surface area contributed by atoms with Crippen LogP contribution in [0.5, 0.6) is 5.75 Å². The van der Waals surface area contributed by atoms with Crippen molar-refractivity contribution in [1.29, 1.82) is 0 Å². The molecule has 1 aliphatic heterocycles. The Balaban J connectivity index is 1.95. The maximum atomic E-state index is 12.6. The van der Waals surface area contributed by atoms with Crippen molar-refractivity contribution in [3.8, 4) is 5.75 Å². The molecule has 0 bridgehead atoms. The van der Waals surface area contributed by atoms with Crippen LogP contribution in [0, 0.1) is 0 Å². The fraction of sp³-hybridized carbons (Fsp3) is 0.111. The van der Waals surface area contributed by atoms with Crippen molar-refractivity contribution in [2.24, 2.45) is 5.10 Å². The maximum Gasteiger partial charge on any atom is 0.387 e. The number of para-hydroxylation sites is 2. The number of ether oxygens (including phenoxy) is 1. The largest absolute Gasteiger partial charge is 0.434 e. The van der Waals surface area contributed by atoms with E-state index in [0.717, 1.165) is 0 Å². The first-order valence-electron chi connectivity index (χ1n) is 7.27. The third-order valence-corrected chi connectivity index (χ3v) is 3.50. The quantitative estimate of drug-likeness (QED) is 0.793. The van der Waals surface area contributed by atoms with Crippen molar-refractivity contribution in [3.63, 3.8) is 0 Å². The highest BCUT2D eigenvalue weighted by atomic mass is 19.3. The van der Waals surface area contributed by atoms with Gasteiger partial charge in [-0.05, 0) is 31.2 Å². The van der Waals surface area contributed by atoms with E-state index in [-0.39, 0.29) is 11.7 Å². The molecular formula is C18H14F2N2O2. The number of alkyl halides is 2. The fourth-order valence-electron chi connectivity index (χ4n) is 2.39. The first kappa shape index (κ1) is 15.9. The number of anilines is 1. The minimum Gasteiger partial charge on any atom is -0.434 e. The number of carbonyl (C=O) groups is 1. The molecule has 0 saturated heterocycles. The molecule has 0 radical (unpaired) electrons. The number of amides is 1. The van der Waals surface area contributed by atoms with Gasteiger partial charge in [0, 0.05) is 5.56 Å². The number of carbonyl (C=O) groups excluding carboxylic acids is 1. The van der Waals surface area contributed by atoms with Crippen LogP contribution in [-0.4, -0.2) is 18.2 Å². The highest BCUT2D eigenvalue weighted by Crippen LogP contribution is 2.28. The molecule has 0 unspecified atom stereocenters. The van der Waals surface area contributed by atoms with E-state index in [4.69, 9.17) is 0 Å². The predicted molar refractivity (Wildman–Crippen MR) is 88.1 cm³/mol. The van der Waals surface area contributed by atoms with Crippen molar-refractivity contribution in [2.45, 2.75) is 13.5 Å². The van der Waals surface area contributed by atoms with Crippen LogP contribution in [0.1, 0.15) is 12.5 Å². The maximum absolute atomic E-state index is 12.6. The van der Waals surface area contributed by atoms with Gasteiger partial charge in [-0.2, -0.15) is 18.9 Å². The van der Waals surface area contributed by atoms with Crippen LogP contribution < -0.4 is 9.75 Å². The van der Waals surface area contributed by atoms with Crippen LogP contribution >= 0.6 is 0 Å². The van der Waals surface area contributed by atoms with E-state index < -0.39 is 6.61 Å². The molecule has 3 rings (SSSR count). The second-order valence-corrected chi connectivity index (χ2v) is 5.11. The summed E-state index contributed by atoms with van der Waals surface area (Å²) in [5, 5.41) is 5.54. The smallest absolute Gasteiger partial charge is 0.387 e. The SMILES string of the molecule is CC1=NN(c2ccccc2)C(=O)C1=Cc1ccccc1OC(F)F. The van der Waals surface area contributed by atoms with Crippen LogP contribution in [0.25, 0.3) is 6.08 Å². The number of nitrogens with zero attached hydrogens (tertiary/aromatic N) is 2.